The lowest BCUT2D eigenvalue weighted by atomic mass is 10.3. The molecule has 1 heterocycles. The van der Waals surface area contributed by atoms with Gasteiger partial charge in [-0.05, 0) is 25.1 Å². The molecule has 3 N–H and O–H groups in total. The number of carbonyl (C=O) groups excluding carboxylic acids is 1. The maximum absolute atomic E-state index is 11.9. The lowest BCUT2D eigenvalue weighted by Crippen LogP contribution is -2.28. The molecule has 6 nitrogen and oxygen atoms in total. The molecule has 0 saturated heterocycles. The smallest absolute Gasteiger partial charge is 0.254 e. The predicted molar refractivity (Wildman–Crippen MR) is 80.0 cm³/mol. The van der Waals surface area contributed by atoms with Crippen LogP contribution in [-0.2, 0) is 14.3 Å². The molecule has 7 heteroatoms. The summed E-state index contributed by atoms with van der Waals surface area (Å²) in [5, 5.41) is 3.28. The van der Waals surface area contributed by atoms with Crippen LogP contribution in [0.3, 0.4) is 0 Å². The first-order valence-electron chi connectivity index (χ1n) is 6.17. The summed E-state index contributed by atoms with van der Waals surface area (Å²) in [6, 6.07) is 5.45. The first kappa shape index (κ1) is 14.7. The fourth-order valence-electron chi connectivity index (χ4n) is 1.59. The number of thiazole rings is 1. The lowest BCUT2D eigenvalue weighted by molar-refractivity contribution is -0.127. The van der Waals surface area contributed by atoms with Crippen LogP contribution in [0.5, 0.6) is 0 Å². The molecule has 1 unspecified atom stereocenters. The predicted octanol–water partition coefficient (Wildman–Crippen LogP) is 1.87. The summed E-state index contributed by atoms with van der Waals surface area (Å²) in [6.07, 6.45) is -0.553. The van der Waals surface area contributed by atoms with Crippen molar-refractivity contribution in [1.29, 1.82) is 0 Å². The number of nitrogens with two attached hydrogens (primary N) is 1. The standard InChI is InChI=1S/C13H17N3O3S/c1-8(19-6-5-18-2)12(17)16-13-15-10-4-3-9(14)7-11(10)20-13/h3-4,7-8H,5-6,14H2,1-2H3,(H,15,16,17). The molecule has 1 aromatic carbocycles. The number of nitrogens with zero attached hydrogens (tertiary/aromatic N) is 1. The van der Waals surface area contributed by atoms with E-state index in [0.29, 0.717) is 24.0 Å². The number of ether oxygens (including phenoxy) is 2. The van der Waals surface area contributed by atoms with Gasteiger partial charge in [0, 0.05) is 12.8 Å². The molecule has 0 spiro atoms. The number of hydrogen-bond acceptors (Lipinski definition) is 6. The third-order valence-electron chi connectivity index (χ3n) is 2.67. The monoisotopic (exact) mass is 295 g/mol. The van der Waals surface area contributed by atoms with Gasteiger partial charge in [-0.25, -0.2) is 4.98 Å². The minimum atomic E-state index is -0.553. The van der Waals surface area contributed by atoms with Crippen molar-refractivity contribution in [3.05, 3.63) is 18.2 Å². The van der Waals surface area contributed by atoms with Crippen molar-refractivity contribution in [2.45, 2.75) is 13.0 Å². The molecule has 1 atom stereocenters. The van der Waals surface area contributed by atoms with Crippen LogP contribution in [0.15, 0.2) is 18.2 Å². The Hall–Kier alpha value is -1.70. The first-order valence-corrected chi connectivity index (χ1v) is 6.99. The summed E-state index contributed by atoms with van der Waals surface area (Å²) in [5.74, 6) is -0.229. The van der Waals surface area contributed by atoms with Gasteiger partial charge in [-0.2, -0.15) is 0 Å². The van der Waals surface area contributed by atoms with Gasteiger partial charge < -0.3 is 15.2 Å². The molecule has 0 bridgehead atoms. The van der Waals surface area contributed by atoms with Gasteiger partial charge in [0.15, 0.2) is 5.13 Å². The molecule has 1 amide bonds. The van der Waals surface area contributed by atoms with Gasteiger partial charge in [0.25, 0.3) is 5.91 Å². The minimum Gasteiger partial charge on any atom is -0.399 e. The lowest BCUT2D eigenvalue weighted by Gasteiger charge is -2.11. The number of fused-ring (bicyclic) bond motifs is 1. The van der Waals surface area contributed by atoms with Crippen molar-refractivity contribution in [2.75, 3.05) is 31.4 Å². The van der Waals surface area contributed by atoms with Crippen LogP contribution in [0, 0.1) is 0 Å². The van der Waals surface area contributed by atoms with Crippen molar-refractivity contribution in [3.63, 3.8) is 0 Å². The Labute approximate surface area is 120 Å². The summed E-state index contributed by atoms with van der Waals surface area (Å²) < 4.78 is 11.1. The second-order valence-corrected chi connectivity index (χ2v) is 5.27. The number of anilines is 2. The van der Waals surface area contributed by atoms with Gasteiger partial charge >= 0.3 is 0 Å². The molecule has 2 rings (SSSR count). The fraction of sp³-hybridized carbons (Fsp3) is 0.385. The highest BCUT2D eigenvalue weighted by Gasteiger charge is 2.15. The zero-order valence-electron chi connectivity index (χ0n) is 11.4. The highest BCUT2D eigenvalue weighted by atomic mass is 32.1. The van der Waals surface area contributed by atoms with E-state index in [1.165, 1.54) is 11.3 Å². The van der Waals surface area contributed by atoms with Gasteiger partial charge in [0.1, 0.15) is 6.10 Å². The van der Waals surface area contributed by atoms with E-state index in [-0.39, 0.29) is 5.91 Å². The third-order valence-corrected chi connectivity index (χ3v) is 3.60. The van der Waals surface area contributed by atoms with Gasteiger partial charge in [0.2, 0.25) is 0 Å². The topological polar surface area (TPSA) is 86.5 Å². The van der Waals surface area contributed by atoms with Gasteiger partial charge in [-0.1, -0.05) is 11.3 Å². The molecule has 0 fully saturated rings. The van der Waals surface area contributed by atoms with E-state index in [2.05, 4.69) is 10.3 Å². The Morgan fingerprint density at radius 3 is 3.05 bits per heavy atom. The average molecular weight is 295 g/mol. The highest BCUT2D eigenvalue weighted by molar-refractivity contribution is 7.22. The number of hydrogen-bond donors (Lipinski definition) is 2. The molecule has 1 aromatic heterocycles. The van der Waals surface area contributed by atoms with Crippen LogP contribution in [0.25, 0.3) is 10.2 Å². The van der Waals surface area contributed by atoms with Crippen LogP contribution in [0.2, 0.25) is 0 Å². The van der Waals surface area contributed by atoms with E-state index in [4.69, 9.17) is 15.2 Å². The summed E-state index contributed by atoms with van der Waals surface area (Å²) >= 11 is 1.38. The Bertz CT molecular complexity index is 600. The molecule has 2 aromatic rings. The normalized spacial score (nSPS) is 12.5. The maximum atomic E-state index is 11.9. The molecule has 0 aliphatic carbocycles. The van der Waals surface area contributed by atoms with E-state index in [9.17, 15) is 4.79 Å². The van der Waals surface area contributed by atoms with E-state index in [0.717, 1.165) is 10.2 Å². The second kappa shape index (κ2) is 6.65. The Morgan fingerprint density at radius 1 is 1.50 bits per heavy atom. The molecule has 0 aliphatic heterocycles. The van der Waals surface area contributed by atoms with Crippen LogP contribution in [0.1, 0.15) is 6.92 Å². The van der Waals surface area contributed by atoms with Gasteiger partial charge in [-0.15, -0.1) is 0 Å². The number of nitrogens with one attached hydrogen (secondary N) is 1. The molecule has 108 valence electrons. The van der Waals surface area contributed by atoms with Crippen LogP contribution in [-0.4, -0.2) is 37.3 Å². The van der Waals surface area contributed by atoms with Crippen molar-refractivity contribution < 1.29 is 14.3 Å². The largest absolute Gasteiger partial charge is 0.399 e. The van der Waals surface area contributed by atoms with Crippen LogP contribution >= 0.6 is 11.3 Å². The van der Waals surface area contributed by atoms with Gasteiger partial charge in [-0.3, -0.25) is 10.1 Å². The molecule has 0 radical (unpaired) electrons. The number of aromatic nitrogens is 1. The quantitative estimate of drug-likeness (QED) is 0.627. The summed E-state index contributed by atoms with van der Waals surface area (Å²) in [5.41, 5.74) is 7.20. The molecular formula is C13H17N3O3S. The summed E-state index contributed by atoms with van der Waals surface area (Å²) in [7, 11) is 1.58. The SMILES string of the molecule is COCCOC(C)C(=O)Nc1nc2ccc(N)cc2s1. The zero-order chi connectivity index (χ0) is 14.5. The van der Waals surface area contributed by atoms with Crippen LogP contribution < -0.4 is 11.1 Å². The molecule has 20 heavy (non-hydrogen) atoms. The number of nitrogen functional groups attached to an aromatic ring is 1. The molecule has 0 saturated carbocycles. The van der Waals surface area contributed by atoms with E-state index < -0.39 is 6.10 Å². The van der Waals surface area contributed by atoms with Crippen molar-refractivity contribution in [1.82, 2.24) is 4.98 Å². The van der Waals surface area contributed by atoms with Gasteiger partial charge in [0.05, 0.1) is 23.4 Å². The first-order chi connectivity index (χ1) is 9.60. The average Bonchev–Trinajstić information content (AvgIpc) is 2.80. The fourth-order valence-corrected chi connectivity index (χ4v) is 2.50. The zero-order valence-corrected chi connectivity index (χ0v) is 12.2. The minimum absolute atomic E-state index is 0.229. The van der Waals surface area contributed by atoms with Crippen LogP contribution in [0.4, 0.5) is 10.8 Å². The number of methoxy groups -OCH3 is 1. The van der Waals surface area contributed by atoms with Crippen molar-refractivity contribution in [3.8, 4) is 0 Å². The number of benzene rings is 1. The third kappa shape index (κ3) is 3.66. The summed E-state index contributed by atoms with van der Waals surface area (Å²) in [4.78, 5) is 16.2. The molecular weight excluding hydrogens is 278 g/mol. The van der Waals surface area contributed by atoms with Crippen molar-refractivity contribution >= 4 is 38.3 Å². The maximum Gasteiger partial charge on any atom is 0.254 e. The Morgan fingerprint density at radius 2 is 2.30 bits per heavy atom. The summed E-state index contributed by atoms with van der Waals surface area (Å²) in [6.45, 7) is 2.52. The van der Waals surface area contributed by atoms with E-state index in [1.807, 2.05) is 12.1 Å². The van der Waals surface area contributed by atoms with E-state index in [1.54, 1.807) is 20.1 Å². The highest BCUT2D eigenvalue weighted by Crippen LogP contribution is 2.27. The second-order valence-electron chi connectivity index (χ2n) is 4.24. The van der Waals surface area contributed by atoms with E-state index >= 15 is 0 Å². The number of carbonyl (C=O) groups is 1. The Balaban J connectivity index is 1.98. The van der Waals surface area contributed by atoms with Crippen molar-refractivity contribution in [2.24, 2.45) is 0 Å². The Kier molecular flexibility index (Phi) is 4.89. The number of rotatable bonds is 6. The number of amides is 1. The molecule has 0 aliphatic rings.